The van der Waals surface area contributed by atoms with E-state index >= 15 is 0 Å². The lowest BCUT2D eigenvalue weighted by molar-refractivity contribution is 0.0614. The number of anilines is 1. The van der Waals surface area contributed by atoms with E-state index in [2.05, 4.69) is 10.3 Å². The molecule has 24 heavy (non-hydrogen) atoms. The van der Waals surface area contributed by atoms with Gasteiger partial charge in [0.2, 0.25) is 0 Å². The average molecular weight is 325 g/mol. The van der Waals surface area contributed by atoms with Crippen molar-refractivity contribution in [3.05, 3.63) is 63.1 Å². The normalized spacial score (nSPS) is 14.7. The fraction of sp³-hybridized carbons (Fsp3) is 0.278. The molecule has 1 aromatic carbocycles. The van der Waals surface area contributed by atoms with Crippen molar-refractivity contribution in [2.24, 2.45) is 0 Å². The smallest absolute Gasteiger partial charge is 0.271 e. The molecular weight excluding hydrogens is 306 g/mol. The van der Waals surface area contributed by atoms with Gasteiger partial charge in [0.25, 0.3) is 17.4 Å². The van der Waals surface area contributed by atoms with Gasteiger partial charge in [-0.05, 0) is 44.0 Å². The summed E-state index contributed by atoms with van der Waals surface area (Å²) >= 11 is 0. The van der Waals surface area contributed by atoms with Crippen molar-refractivity contribution < 1.29 is 9.59 Å². The third-order valence-corrected chi connectivity index (χ3v) is 4.30. The van der Waals surface area contributed by atoms with Crippen LogP contribution in [0.3, 0.4) is 0 Å². The number of fused-ring (bicyclic) bond motifs is 1. The molecule has 0 saturated carbocycles. The van der Waals surface area contributed by atoms with E-state index in [4.69, 9.17) is 0 Å². The highest BCUT2D eigenvalue weighted by molar-refractivity contribution is 6.21. The molecule has 2 aromatic rings. The van der Waals surface area contributed by atoms with Gasteiger partial charge in [-0.15, -0.1) is 0 Å². The molecular formula is C18H19N3O3. The Bertz CT molecular complexity index is 850. The minimum atomic E-state index is -0.633. The molecule has 2 amide bonds. The number of aryl methyl sites for hydroxylation is 2. The maximum absolute atomic E-state index is 12.5. The summed E-state index contributed by atoms with van der Waals surface area (Å²) < 4.78 is 0. The standard InChI is InChI=1S/C18H19N3O3/c1-4-12-9-15(16(22)19-10(12)2)20-11(3)21-17(23)13-7-5-6-8-14(13)18(21)24/h5-9,11,20H,4H2,1-3H3,(H,19,22). The van der Waals surface area contributed by atoms with E-state index < -0.39 is 6.17 Å². The molecule has 0 saturated heterocycles. The van der Waals surface area contributed by atoms with Crippen LogP contribution in [0.15, 0.2) is 35.1 Å². The molecule has 1 atom stereocenters. The van der Waals surface area contributed by atoms with Crippen molar-refractivity contribution in [1.29, 1.82) is 0 Å². The van der Waals surface area contributed by atoms with Crippen molar-refractivity contribution >= 4 is 17.5 Å². The number of nitrogens with one attached hydrogen (secondary N) is 2. The lowest BCUT2D eigenvalue weighted by atomic mass is 10.1. The zero-order valence-electron chi connectivity index (χ0n) is 13.8. The molecule has 0 spiro atoms. The second-order valence-electron chi connectivity index (χ2n) is 5.86. The van der Waals surface area contributed by atoms with E-state index in [9.17, 15) is 14.4 Å². The third-order valence-electron chi connectivity index (χ3n) is 4.30. The SMILES string of the molecule is CCc1cc(NC(C)N2C(=O)c3ccccc3C2=O)c(=O)[nH]c1C. The first-order chi connectivity index (χ1) is 11.4. The summed E-state index contributed by atoms with van der Waals surface area (Å²) in [4.78, 5) is 41.0. The molecule has 0 bridgehead atoms. The first-order valence-electron chi connectivity index (χ1n) is 7.90. The predicted molar refractivity (Wildman–Crippen MR) is 91.2 cm³/mol. The molecule has 3 rings (SSSR count). The molecule has 0 aliphatic carbocycles. The van der Waals surface area contributed by atoms with Gasteiger partial charge in [0.05, 0.1) is 11.1 Å². The number of nitrogens with zero attached hydrogens (tertiary/aromatic N) is 1. The van der Waals surface area contributed by atoms with Crippen LogP contribution in [0.5, 0.6) is 0 Å². The molecule has 1 aromatic heterocycles. The van der Waals surface area contributed by atoms with Crippen LogP contribution in [-0.2, 0) is 6.42 Å². The van der Waals surface area contributed by atoms with Crippen LogP contribution in [0.1, 0.15) is 45.8 Å². The molecule has 124 valence electrons. The minimum Gasteiger partial charge on any atom is -0.360 e. The largest absolute Gasteiger partial charge is 0.360 e. The minimum absolute atomic E-state index is 0.270. The highest BCUT2D eigenvalue weighted by atomic mass is 16.2. The van der Waals surface area contributed by atoms with Gasteiger partial charge < -0.3 is 10.3 Å². The zero-order chi connectivity index (χ0) is 17.4. The Kier molecular flexibility index (Phi) is 3.97. The van der Waals surface area contributed by atoms with Gasteiger partial charge in [-0.3, -0.25) is 19.3 Å². The topological polar surface area (TPSA) is 82.3 Å². The van der Waals surface area contributed by atoms with Crippen LogP contribution < -0.4 is 10.9 Å². The third kappa shape index (κ3) is 2.50. The van der Waals surface area contributed by atoms with Crippen LogP contribution in [0.2, 0.25) is 0 Å². The Morgan fingerprint density at radius 2 is 1.71 bits per heavy atom. The second-order valence-corrected chi connectivity index (χ2v) is 5.86. The number of benzene rings is 1. The Morgan fingerprint density at radius 3 is 2.25 bits per heavy atom. The zero-order valence-corrected chi connectivity index (χ0v) is 13.8. The number of H-pyrrole nitrogens is 1. The molecule has 2 N–H and O–H groups in total. The van der Waals surface area contributed by atoms with Gasteiger partial charge in [-0.2, -0.15) is 0 Å². The van der Waals surface area contributed by atoms with Crippen LogP contribution in [0, 0.1) is 6.92 Å². The molecule has 1 aliphatic rings. The van der Waals surface area contributed by atoms with Crippen molar-refractivity contribution in [2.75, 3.05) is 5.32 Å². The van der Waals surface area contributed by atoms with Gasteiger partial charge in [0, 0.05) is 5.69 Å². The molecule has 0 fully saturated rings. The lowest BCUT2D eigenvalue weighted by Crippen LogP contribution is -2.43. The number of hydrogen-bond donors (Lipinski definition) is 2. The highest BCUT2D eigenvalue weighted by Crippen LogP contribution is 2.24. The Hall–Kier alpha value is -2.89. The van der Waals surface area contributed by atoms with E-state index in [1.807, 2.05) is 13.8 Å². The quantitative estimate of drug-likeness (QED) is 0.845. The number of carbonyl (C=O) groups is 2. The Balaban J connectivity index is 1.89. The number of aromatic amines is 1. The summed E-state index contributed by atoms with van der Waals surface area (Å²) in [5, 5.41) is 2.99. The monoisotopic (exact) mass is 325 g/mol. The van der Waals surface area contributed by atoms with Gasteiger partial charge in [-0.1, -0.05) is 19.1 Å². The summed E-state index contributed by atoms with van der Waals surface area (Å²) in [6.45, 7) is 5.53. The first kappa shape index (κ1) is 16.0. The number of amides is 2. The number of hydrogen-bond acceptors (Lipinski definition) is 4. The summed E-state index contributed by atoms with van der Waals surface area (Å²) in [7, 11) is 0. The second kappa shape index (κ2) is 5.96. The van der Waals surface area contributed by atoms with Gasteiger partial charge in [0.15, 0.2) is 0 Å². The van der Waals surface area contributed by atoms with Gasteiger partial charge in [0.1, 0.15) is 11.9 Å². The van der Waals surface area contributed by atoms with E-state index in [0.29, 0.717) is 16.8 Å². The van der Waals surface area contributed by atoms with Gasteiger partial charge >= 0.3 is 0 Å². The summed E-state index contributed by atoms with van der Waals surface area (Å²) in [5.41, 5.74) is 2.69. The van der Waals surface area contributed by atoms with Crippen molar-refractivity contribution in [2.45, 2.75) is 33.4 Å². The Morgan fingerprint density at radius 1 is 1.12 bits per heavy atom. The predicted octanol–water partition coefficient (Wildman–Crippen LogP) is 2.30. The van der Waals surface area contributed by atoms with Crippen LogP contribution in [0.25, 0.3) is 0 Å². The maximum atomic E-state index is 12.5. The lowest BCUT2D eigenvalue weighted by Gasteiger charge is -2.24. The van der Waals surface area contributed by atoms with E-state index in [1.165, 1.54) is 0 Å². The Labute approximate surface area is 139 Å². The van der Waals surface area contributed by atoms with Crippen LogP contribution in [-0.4, -0.2) is 27.9 Å². The molecule has 2 heterocycles. The molecule has 0 radical (unpaired) electrons. The number of aromatic nitrogens is 1. The highest BCUT2D eigenvalue weighted by Gasteiger charge is 2.38. The van der Waals surface area contributed by atoms with E-state index in [-0.39, 0.29) is 17.4 Å². The fourth-order valence-electron chi connectivity index (χ4n) is 2.99. The molecule has 6 nitrogen and oxygen atoms in total. The maximum Gasteiger partial charge on any atom is 0.271 e. The summed E-state index contributed by atoms with van der Waals surface area (Å²) in [5.74, 6) is -0.704. The molecule has 1 aliphatic heterocycles. The molecule has 6 heteroatoms. The average Bonchev–Trinajstić information content (AvgIpc) is 2.82. The van der Waals surface area contributed by atoms with Crippen molar-refractivity contribution in [1.82, 2.24) is 9.88 Å². The summed E-state index contributed by atoms with van der Waals surface area (Å²) in [6.07, 6.45) is 0.143. The summed E-state index contributed by atoms with van der Waals surface area (Å²) in [6, 6.07) is 8.49. The number of rotatable bonds is 4. The van der Waals surface area contributed by atoms with E-state index in [0.717, 1.165) is 22.6 Å². The fourth-order valence-corrected chi connectivity index (χ4v) is 2.99. The van der Waals surface area contributed by atoms with Crippen molar-refractivity contribution in [3.8, 4) is 0 Å². The number of imide groups is 1. The van der Waals surface area contributed by atoms with Gasteiger partial charge in [-0.25, -0.2) is 0 Å². The van der Waals surface area contributed by atoms with Crippen LogP contribution in [0.4, 0.5) is 5.69 Å². The number of pyridine rings is 1. The van der Waals surface area contributed by atoms with Crippen molar-refractivity contribution in [3.63, 3.8) is 0 Å². The molecule has 1 unspecified atom stereocenters. The van der Waals surface area contributed by atoms with E-state index in [1.54, 1.807) is 37.3 Å². The van der Waals surface area contributed by atoms with Crippen LogP contribution >= 0.6 is 0 Å². The first-order valence-corrected chi connectivity index (χ1v) is 7.90. The number of carbonyl (C=O) groups excluding carboxylic acids is 2.